The number of rotatable bonds is 5. The third-order valence-electron chi connectivity index (χ3n) is 1.78. The molecule has 0 aromatic carbocycles. The third kappa shape index (κ3) is 3.65. The molecular formula is C9H14ClNO2. The maximum Gasteiger partial charge on any atom is 0.326 e. The summed E-state index contributed by atoms with van der Waals surface area (Å²) in [4.78, 5) is 11.3. The third-order valence-corrected chi connectivity index (χ3v) is 2.05. The van der Waals surface area contributed by atoms with E-state index >= 15 is 0 Å². The largest absolute Gasteiger partial charge is 0.465 e. The molecule has 0 radical (unpaired) electrons. The Kier molecular flexibility index (Phi) is 5.48. The Labute approximate surface area is 83.6 Å². The van der Waals surface area contributed by atoms with E-state index in [4.69, 9.17) is 21.6 Å². The molecule has 0 heterocycles. The van der Waals surface area contributed by atoms with Crippen molar-refractivity contribution >= 4 is 17.6 Å². The van der Waals surface area contributed by atoms with Gasteiger partial charge >= 0.3 is 5.97 Å². The highest BCUT2D eigenvalue weighted by atomic mass is 35.5. The average molecular weight is 204 g/mol. The van der Waals surface area contributed by atoms with Crippen LogP contribution in [0.15, 0.2) is 0 Å². The van der Waals surface area contributed by atoms with Gasteiger partial charge in [-0.2, -0.15) is 5.26 Å². The van der Waals surface area contributed by atoms with Crippen LogP contribution in [-0.2, 0) is 9.53 Å². The number of nitrogens with zero attached hydrogens (tertiary/aromatic N) is 1. The summed E-state index contributed by atoms with van der Waals surface area (Å²) in [6.07, 6.45) is 1.09. The summed E-state index contributed by atoms with van der Waals surface area (Å²) in [5.41, 5.74) is -1.04. The molecule has 0 spiro atoms. The van der Waals surface area contributed by atoms with Crippen molar-refractivity contribution in [3.8, 4) is 6.07 Å². The number of esters is 1. The van der Waals surface area contributed by atoms with Gasteiger partial charge in [-0.05, 0) is 26.7 Å². The molecule has 1 unspecified atom stereocenters. The van der Waals surface area contributed by atoms with Crippen LogP contribution in [0.3, 0.4) is 0 Å². The molecule has 0 saturated heterocycles. The minimum atomic E-state index is -1.04. The number of hydrogen-bond acceptors (Lipinski definition) is 3. The molecule has 0 saturated carbocycles. The van der Waals surface area contributed by atoms with Crippen molar-refractivity contribution in [2.45, 2.75) is 26.7 Å². The van der Waals surface area contributed by atoms with Crippen molar-refractivity contribution in [2.75, 3.05) is 12.5 Å². The van der Waals surface area contributed by atoms with Gasteiger partial charge in [0, 0.05) is 5.88 Å². The van der Waals surface area contributed by atoms with E-state index in [0.29, 0.717) is 25.3 Å². The molecule has 74 valence electrons. The van der Waals surface area contributed by atoms with E-state index in [0.717, 1.165) is 0 Å². The summed E-state index contributed by atoms with van der Waals surface area (Å²) < 4.78 is 4.79. The van der Waals surface area contributed by atoms with Gasteiger partial charge in [0.15, 0.2) is 5.41 Å². The summed E-state index contributed by atoms with van der Waals surface area (Å²) >= 11 is 5.48. The fourth-order valence-corrected chi connectivity index (χ4v) is 1.05. The molecule has 0 aliphatic rings. The van der Waals surface area contributed by atoms with Gasteiger partial charge in [-0.3, -0.25) is 4.79 Å². The summed E-state index contributed by atoms with van der Waals surface area (Å²) in [5.74, 6) is -0.000876. The average Bonchev–Trinajstić information content (AvgIpc) is 2.14. The van der Waals surface area contributed by atoms with E-state index in [1.54, 1.807) is 13.8 Å². The number of hydrogen-bond donors (Lipinski definition) is 0. The Morgan fingerprint density at radius 3 is 2.69 bits per heavy atom. The first-order valence-corrected chi connectivity index (χ1v) is 4.78. The normalized spacial score (nSPS) is 14.3. The number of carbonyl (C=O) groups excluding carboxylic acids is 1. The minimum Gasteiger partial charge on any atom is -0.465 e. The highest BCUT2D eigenvalue weighted by Crippen LogP contribution is 2.24. The fourth-order valence-electron chi connectivity index (χ4n) is 0.914. The second kappa shape index (κ2) is 5.82. The van der Waals surface area contributed by atoms with Gasteiger partial charge in [-0.15, -0.1) is 11.6 Å². The number of nitriles is 1. The van der Waals surface area contributed by atoms with Gasteiger partial charge in [0.2, 0.25) is 0 Å². The van der Waals surface area contributed by atoms with Crippen LogP contribution in [0.1, 0.15) is 26.7 Å². The Morgan fingerprint density at radius 2 is 2.31 bits per heavy atom. The quantitative estimate of drug-likeness (QED) is 0.508. The van der Waals surface area contributed by atoms with Gasteiger partial charge in [0.05, 0.1) is 12.7 Å². The standard InChI is InChI=1S/C9H14ClNO2/c1-3-13-8(12)9(2,7-11)5-4-6-10/h3-6H2,1-2H3. The molecule has 0 aromatic heterocycles. The van der Waals surface area contributed by atoms with Crippen LogP contribution < -0.4 is 0 Å². The molecular weight excluding hydrogens is 190 g/mol. The lowest BCUT2D eigenvalue weighted by molar-refractivity contribution is -0.151. The first kappa shape index (κ1) is 12.2. The maximum atomic E-state index is 11.3. The molecule has 0 amide bonds. The topological polar surface area (TPSA) is 50.1 Å². The summed E-state index contributed by atoms with van der Waals surface area (Å²) in [6, 6.07) is 1.96. The van der Waals surface area contributed by atoms with E-state index in [9.17, 15) is 4.79 Å². The second-order valence-corrected chi connectivity index (χ2v) is 3.33. The zero-order valence-corrected chi connectivity index (χ0v) is 8.73. The van der Waals surface area contributed by atoms with Crippen LogP contribution in [0.25, 0.3) is 0 Å². The number of ether oxygens (including phenoxy) is 1. The molecule has 0 N–H and O–H groups in total. The lowest BCUT2D eigenvalue weighted by Gasteiger charge is -2.18. The summed E-state index contributed by atoms with van der Waals surface area (Å²) in [6.45, 7) is 3.60. The van der Waals surface area contributed by atoms with Gasteiger partial charge in [-0.25, -0.2) is 0 Å². The summed E-state index contributed by atoms with van der Waals surface area (Å²) in [7, 11) is 0. The first-order chi connectivity index (χ1) is 6.10. The molecule has 13 heavy (non-hydrogen) atoms. The molecule has 1 atom stereocenters. The van der Waals surface area contributed by atoms with Crippen molar-refractivity contribution in [1.82, 2.24) is 0 Å². The molecule has 0 aliphatic carbocycles. The van der Waals surface area contributed by atoms with Gasteiger partial charge < -0.3 is 4.74 Å². The van der Waals surface area contributed by atoms with E-state index in [1.807, 2.05) is 6.07 Å². The maximum absolute atomic E-state index is 11.3. The molecule has 3 nitrogen and oxygen atoms in total. The SMILES string of the molecule is CCOC(=O)C(C)(C#N)CCCCl. The smallest absolute Gasteiger partial charge is 0.326 e. The van der Waals surface area contributed by atoms with E-state index in [1.165, 1.54) is 0 Å². The van der Waals surface area contributed by atoms with Crippen molar-refractivity contribution in [1.29, 1.82) is 5.26 Å². The van der Waals surface area contributed by atoms with Crippen molar-refractivity contribution < 1.29 is 9.53 Å². The van der Waals surface area contributed by atoms with E-state index in [-0.39, 0.29) is 0 Å². The molecule has 0 bridgehead atoms. The van der Waals surface area contributed by atoms with Crippen molar-refractivity contribution in [3.05, 3.63) is 0 Å². The number of alkyl halides is 1. The van der Waals surface area contributed by atoms with Gasteiger partial charge in [0.25, 0.3) is 0 Å². The predicted octanol–water partition coefficient (Wildman–Crippen LogP) is 2.10. The molecule has 4 heteroatoms. The van der Waals surface area contributed by atoms with Crippen LogP contribution in [0.2, 0.25) is 0 Å². The van der Waals surface area contributed by atoms with Crippen LogP contribution >= 0.6 is 11.6 Å². The molecule has 0 aromatic rings. The Morgan fingerprint density at radius 1 is 1.69 bits per heavy atom. The highest BCUT2D eigenvalue weighted by Gasteiger charge is 2.34. The van der Waals surface area contributed by atoms with Gasteiger partial charge in [-0.1, -0.05) is 0 Å². The number of carbonyl (C=O) groups is 1. The lowest BCUT2D eigenvalue weighted by atomic mass is 9.87. The molecule has 0 fully saturated rings. The summed E-state index contributed by atoms with van der Waals surface area (Å²) in [5, 5.41) is 8.82. The zero-order valence-electron chi connectivity index (χ0n) is 7.97. The minimum absolute atomic E-state index is 0.303. The zero-order chi connectivity index (χ0) is 10.3. The van der Waals surface area contributed by atoms with E-state index < -0.39 is 11.4 Å². The second-order valence-electron chi connectivity index (χ2n) is 2.96. The van der Waals surface area contributed by atoms with Gasteiger partial charge in [0.1, 0.15) is 0 Å². The van der Waals surface area contributed by atoms with Crippen LogP contribution in [-0.4, -0.2) is 18.5 Å². The molecule has 0 aliphatic heterocycles. The Bertz CT molecular complexity index is 212. The highest BCUT2D eigenvalue weighted by molar-refractivity contribution is 6.17. The Hall–Kier alpha value is -0.750. The lowest BCUT2D eigenvalue weighted by Crippen LogP contribution is -2.28. The van der Waals surface area contributed by atoms with Crippen LogP contribution in [0.5, 0.6) is 0 Å². The first-order valence-electron chi connectivity index (χ1n) is 4.25. The van der Waals surface area contributed by atoms with Crippen LogP contribution in [0, 0.1) is 16.7 Å². The fraction of sp³-hybridized carbons (Fsp3) is 0.778. The van der Waals surface area contributed by atoms with Crippen LogP contribution in [0.4, 0.5) is 0 Å². The van der Waals surface area contributed by atoms with E-state index in [2.05, 4.69) is 0 Å². The van der Waals surface area contributed by atoms with Crippen molar-refractivity contribution in [2.24, 2.45) is 5.41 Å². The monoisotopic (exact) mass is 203 g/mol. The Balaban J connectivity index is 4.27. The number of halogens is 1. The van der Waals surface area contributed by atoms with Crippen molar-refractivity contribution in [3.63, 3.8) is 0 Å². The molecule has 0 rings (SSSR count). The predicted molar refractivity (Wildman–Crippen MR) is 50.3 cm³/mol.